The number of anilines is 1. The van der Waals surface area contributed by atoms with Crippen LogP contribution in [0.25, 0.3) is 0 Å². The second-order valence-corrected chi connectivity index (χ2v) is 2.21. The lowest BCUT2D eigenvalue weighted by Gasteiger charge is -1.87. The minimum absolute atomic E-state index is 0.430. The van der Waals surface area contributed by atoms with Gasteiger partial charge in [-0.05, 0) is 22.0 Å². The van der Waals surface area contributed by atoms with Crippen LogP contribution in [0.1, 0.15) is 0 Å². The molecule has 1 rings (SSSR count). The molecule has 0 bridgehead atoms. The maximum atomic E-state index is 5.26. The molecule has 42 valence electrons. The van der Waals surface area contributed by atoms with Crippen molar-refractivity contribution in [3.8, 4) is 0 Å². The molecule has 0 spiro atoms. The van der Waals surface area contributed by atoms with Gasteiger partial charge in [-0.3, -0.25) is 0 Å². The average Bonchev–Trinajstić information content (AvgIpc) is 1.64. The van der Waals surface area contributed by atoms with Gasteiger partial charge in [-0.2, -0.15) is 5.10 Å². The molecule has 0 aliphatic rings. The predicted octanol–water partition coefficient (Wildman–Crippen LogP) is 0.821. The third-order valence-corrected chi connectivity index (χ3v) is 1.07. The molecule has 0 aromatic carbocycles. The zero-order valence-corrected chi connectivity index (χ0v) is 5.59. The van der Waals surface area contributed by atoms with E-state index in [1.54, 1.807) is 12.3 Å². The highest BCUT2D eigenvalue weighted by atomic mass is 79.9. The fourth-order valence-corrected chi connectivity index (χ4v) is 0.684. The maximum absolute atomic E-state index is 5.26. The van der Waals surface area contributed by atoms with Gasteiger partial charge in [0.1, 0.15) is 5.82 Å². The molecule has 0 saturated carbocycles. The summed E-state index contributed by atoms with van der Waals surface area (Å²) in [7, 11) is 0. The molecule has 1 heterocycles. The van der Waals surface area contributed by atoms with E-state index in [4.69, 9.17) is 5.73 Å². The average molecular weight is 174 g/mol. The van der Waals surface area contributed by atoms with Crippen LogP contribution in [0.2, 0.25) is 0 Å². The molecule has 0 aliphatic heterocycles. The lowest BCUT2D eigenvalue weighted by molar-refractivity contribution is 1.03. The topological polar surface area (TPSA) is 51.8 Å². The Hall–Kier alpha value is -0.640. The molecule has 1 aromatic rings. The van der Waals surface area contributed by atoms with Gasteiger partial charge in [-0.25, -0.2) is 0 Å². The van der Waals surface area contributed by atoms with Crippen molar-refractivity contribution in [3.05, 3.63) is 16.7 Å². The maximum Gasteiger partial charge on any atom is 0.147 e. The van der Waals surface area contributed by atoms with E-state index in [2.05, 4.69) is 26.1 Å². The first-order valence-corrected chi connectivity index (χ1v) is 2.82. The van der Waals surface area contributed by atoms with Gasteiger partial charge in [-0.1, -0.05) is 0 Å². The zero-order chi connectivity index (χ0) is 5.98. The molecular formula is C4H4BrN3. The van der Waals surface area contributed by atoms with E-state index in [-0.39, 0.29) is 0 Å². The highest BCUT2D eigenvalue weighted by molar-refractivity contribution is 9.10. The van der Waals surface area contributed by atoms with Gasteiger partial charge in [-0.15, -0.1) is 5.10 Å². The van der Waals surface area contributed by atoms with E-state index < -0.39 is 0 Å². The fraction of sp³-hybridized carbons (Fsp3) is 0. The molecule has 4 heteroatoms. The summed E-state index contributed by atoms with van der Waals surface area (Å²) in [5.41, 5.74) is 5.26. The normalized spacial score (nSPS) is 9.12. The molecule has 1 aromatic heterocycles. The summed E-state index contributed by atoms with van der Waals surface area (Å²) < 4.78 is 0.852. The first-order valence-electron chi connectivity index (χ1n) is 2.03. The molecule has 8 heavy (non-hydrogen) atoms. The molecule has 0 atom stereocenters. The first kappa shape index (κ1) is 5.50. The lowest BCUT2D eigenvalue weighted by Crippen LogP contribution is -1.90. The van der Waals surface area contributed by atoms with Crippen LogP contribution >= 0.6 is 15.9 Å². The van der Waals surface area contributed by atoms with Crippen LogP contribution in [0, 0.1) is 0 Å². The minimum atomic E-state index is 0.430. The molecule has 0 unspecified atom stereocenters. The Balaban J connectivity index is 3.08. The number of rotatable bonds is 0. The zero-order valence-electron chi connectivity index (χ0n) is 4.00. The van der Waals surface area contributed by atoms with Crippen molar-refractivity contribution in [2.75, 3.05) is 5.73 Å². The second-order valence-electron chi connectivity index (χ2n) is 1.30. The van der Waals surface area contributed by atoms with Gasteiger partial charge < -0.3 is 5.73 Å². The van der Waals surface area contributed by atoms with Crippen molar-refractivity contribution < 1.29 is 0 Å². The Kier molecular flexibility index (Phi) is 1.43. The Morgan fingerprint density at radius 2 is 2.38 bits per heavy atom. The Morgan fingerprint density at radius 1 is 1.62 bits per heavy atom. The Bertz CT molecular complexity index is 171. The number of aromatic nitrogens is 2. The van der Waals surface area contributed by atoms with Crippen LogP contribution in [0.5, 0.6) is 0 Å². The van der Waals surface area contributed by atoms with Crippen molar-refractivity contribution in [2.24, 2.45) is 0 Å². The van der Waals surface area contributed by atoms with Crippen molar-refractivity contribution >= 4 is 21.7 Å². The molecule has 0 aliphatic carbocycles. The van der Waals surface area contributed by atoms with E-state index >= 15 is 0 Å². The van der Waals surface area contributed by atoms with Crippen molar-refractivity contribution in [3.63, 3.8) is 0 Å². The van der Waals surface area contributed by atoms with E-state index in [1.807, 2.05) is 0 Å². The molecule has 0 fully saturated rings. The highest BCUT2D eigenvalue weighted by Crippen LogP contribution is 2.07. The van der Waals surface area contributed by atoms with Crippen LogP contribution in [-0.4, -0.2) is 10.2 Å². The van der Waals surface area contributed by atoms with E-state index in [0.29, 0.717) is 5.82 Å². The van der Waals surface area contributed by atoms with Crippen LogP contribution in [0.4, 0.5) is 5.82 Å². The summed E-state index contributed by atoms with van der Waals surface area (Å²) in [6, 6.07) is 1.69. The number of halogens is 1. The first-order chi connectivity index (χ1) is 3.79. The number of hydrogen-bond acceptors (Lipinski definition) is 3. The predicted molar refractivity (Wildman–Crippen MR) is 34.1 cm³/mol. The van der Waals surface area contributed by atoms with Crippen molar-refractivity contribution in [1.82, 2.24) is 10.2 Å². The van der Waals surface area contributed by atoms with Crippen LogP contribution in [0.3, 0.4) is 0 Å². The molecular weight excluding hydrogens is 170 g/mol. The number of hydrogen-bond donors (Lipinski definition) is 1. The van der Waals surface area contributed by atoms with Gasteiger partial charge in [0.2, 0.25) is 0 Å². The lowest BCUT2D eigenvalue weighted by atomic mass is 10.5. The standard InChI is InChI=1S/C4H4BrN3/c5-3-1-4(6)8-7-2-3/h1-2H,(H2,6,8). The van der Waals surface area contributed by atoms with E-state index in [1.165, 1.54) is 0 Å². The number of nitrogen functional groups attached to an aromatic ring is 1. The van der Waals surface area contributed by atoms with Gasteiger partial charge in [0.15, 0.2) is 0 Å². The van der Waals surface area contributed by atoms with Crippen LogP contribution in [0.15, 0.2) is 16.7 Å². The van der Waals surface area contributed by atoms with Gasteiger partial charge in [0, 0.05) is 4.47 Å². The number of nitrogens with zero attached hydrogens (tertiary/aromatic N) is 2. The smallest absolute Gasteiger partial charge is 0.147 e. The fourth-order valence-electron chi connectivity index (χ4n) is 0.358. The monoisotopic (exact) mass is 173 g/mol. The summed E-state index contributed by atoms with van der Waals surface area (Å²) in [6.45, 7) is 0. The molecule has 0 radical (unpaired) electrons. The molecule has 0 amide bonds. The van der Waals surface area contributed by atoms with Gasteiger partial charge >= 0.3 is 0 Å². The second kappa shape index (κ2) is 2.09. The summed E-state index contributed by atoms with van der Waals surface area (Å²) in [6.07, 6.45) is 1.58. The quantitative estimate of drug-likeness (QED) is 0.633. The number of nitrogens with two attached hydrogens (primary N) is 1. The third-order valence-electron chi connectivity index (χ3n) is 0.640. The van der Waals surface area contributed by atoms with Crippen molar-refractivity contribution in [2.45, 2.75) is 0 Å². The Morgan fingerprint density at radius 3 is 2.75 bits per heavy atom. The summed E-state index contributed by atoms with van der Waals surface area (Å²) in [5, 5.41) is 7.10. The summed E-state index contributed by atoms with van der Waals surface area (Å²) in [5.74, 6) is 0.430. The minimum Gasteiger partial charge on any atom is -0.382 e. The Labute approximate surface area is 55.0 Å². The molecule has 2 N–H and O–H groups in total. The summed E-state index contributed by atoms with van der Waals surface area (Å²) in [4.78, 5) is 0. The molecule has 3 nitrogen and oxygen atoms in total. The van der Waals surface area contributed by atoms with E-state index in [9.17, 15) is 0 Å². The largest absolute Gasteiger partial charge is 0.382 e. The van der Waals surface area contributed by atoms with Crippen LogP contribution < -0.4 is 5.73 Å². The molecule has 0 saturated heterocycles. The summed E-state index contributed by atoms with van der Waals surface area (Å²) >= 11 is 3.18. The highest BCUT2D eigenvalue weighted by Gasteiger charge is 1.85. The third kappa shape index (κ3) is 1.16. The van der Waals surface area contributed by atoms with Crippen LogP contribution in [-0.2, 0) is 0 Å². The van der Waals surface area contributed by atoms with E-state index in [0.717, 1.165) is 4.47 Å². The van der Waals surface area contributed by atoms with Crippen molar-refractivity contribution in [1.29, 1.82) is 0 Å². The van der Waals surface area contributed by atoms with Gasteiger partial charge in [0.05, 0.1) is 6.20 Å². The SMILES string of the molecule is Nc1cc(Br)cnn1. The van der Waals surface area contributed by atoms with Gasteiger partial charge in [0.25, 0.3) is 0 Å².